The van der Waals surface area contributed by atoms with Crippen molar-refractivity contribution in [3.8, 4) is 6.07 Å². The highest BCUT2D eigenvalue weighted by Gasteiger charge is 2.15. The second-order valence-corrected chi connectivity index (χ2v) is 3.88. The molecule has 1 aliphatic heterocycles. The third-order valence-electron chi connectivity index (χ3n) is 2.74. The maximum Gasteiger partial charge on any atom is 0.251 e. The van der Waals surface area contributed by atoms with Crippen LogP contribution < -0.4 is 10.9 Å². The van der Waals surface area contributed by atoms with Crippen molar-refractivity contribution in [1.29, 1.82) is 5.26 Å². The predicted molar refractivity (Wildman–Crippen MR) is 56.4 cm³/mol. The topological polar surface area (TPSA) is 57.8 Å². The van der Waals surface area contributed by atoms with Gasteiger partial charge in [-0.3, -0.25) is 4.79 Å². The van der Waals surface area contributed by atoms with Crippen LogP contribution in [0.4, 0.5) is 0 Å². The van der Waals surface area contributed by atoms with Gasteiger partial charge in [0.25, 0.3) is 5.56 Å². The lowest BCUT2D eigenvalue weighted by molar-refractivity contribution is 0.472. The van der Waals surface area contributed by atoms with E-state index in [4.69, 9.17) is 5.26 Å². The summed E-state index contributed by atoms with van der Waals surface area (Å²) in [6.45, 7) is 2.76. The van der Waals surface area contributed by atoms with Crippen molar-refractivity contribution in [3.63, 3.8) is 0 Å². The molecule has 0 aliphatic carbocycles. The molecule has 1 N–H and O–H groups in total. The predicted octanol–water partition coefficient (Wildman–Crippen LogP) is 0.329. The first kappa shape index (κ1) is 9.94. The van der Waals surface area contributed by atoms with Crippen LogP contribution in [0.25, 0.3) is 0 Å². The Hall–Kier alpha value is -1.60. The summed E-state index contributed by atoms with van der Waals surface area (Å²) in [7, 11) is 0. The fourth-order valence-corrected chi connectivity index (χ4v) is 1.88. The van der Waals surface area contributed by atoms with E-state index in [-0.39, 0.29) is 5.56 Å². The molecule has 0 saturated carbocycles. The van der Waals surface area contributed by atoms with Crippen molar-refractivity contribution >= 4 is 0 Å². The summed E-state index contributed by atoms with van der Waals surface area (Å²) in [5, 5.41) is 11.9. The van der Waals surface area contributed by atoms with E-state index in [2.05, 4.69) is 5.32 Å². The minimum Gasteiger partial charge on any atom is -0.316 e. The first-order chi connectivity index (χ1) is 7.29. The molecule has 0 bridgehead atoms. The summed E-state index contributed by atoms with van der Waals surface area (Å²) in [6, 6.07) is 5.04. The molecule has 4 nitrogen and oxygen atoms in total. The average molecular weight is 203 g/mol. The first-order valence-corrected chi connectivity index (χ1v) is 5.11. The van der Waals surface area contributed by atoms with Crippen LogP contribution >= 0.6 is 0 Å². The van der Waals surface area contributed by atoms with E-state index < -0.39 is 0 Å². The molecule has 0 aromatic carbocycles. The van der Waals surface area contributed by atoms with Crippen LogP contribution in [0.1, 0.15) is 12.0 Å². The zero-order valence-electron chi connectivity index (χ0n) is 8.44. The number of nitrogens with one attached hydrogen (secondary N) is 1. The molecule has 1 aliphatic rings. The third-order valence-corrected chi connectivity index (χ3v) is 2.74. The van der Waals surface area contributed by atoms with Crippen LogP contribution in [0.5, 0.6) is 0 Å². The lowest BCUT2D eigenvalue weighted by atomic mass is 10.1. The van der Waals surface area contributed by atoms with Crippen LogP contribution in [-0.4, -0.2) is 17.7 Å². The fraction of sp³-hybridized carbons (Fsp3) is 0.455. The number of hydrogen-bond donors (Lipinski definition) is 1. The second kappa shape index (κ2) is 4.28. The summed E-state index contributed by atoms with van der Waals surface area (Å²) < 4.78 is 1.68. The molecule has 1 atom stereocenters. The van der Waals surface area contributed by atoms with E-state index in [1.54, 1.807) is 16.8 Å². The largest absolute Gasteiger partial charge is 0.316 e. The van der Waals surface area contributed by atoms with E-state index in [1.807, 2.05) is 6.07 Å². The average Bonchev–Trinajstić information content (AvgIpc) is 2.74. The smallest absolute Gasteiger partial charge is 0.251 e. The Morgan fingerprint density at radius 3 is 3.13 bits per heavy atom. The summed E-state index contributed by atoms with van der Waals surface area (Å²) >= 11 is 0. The van der Waals surface area contributed by atoms with Crippen LogP contribution in [0.15, 0.2) is 23.1 Å². The van der Waals surface area contributed by atoms with Crippen molar-refractivity contribution in [2.24, 2.45) is 5.92 Å². The highest BCUT2D eigenvalue weighted by molar-refractivity contribution is 5.25. The van der Waals surface area contributed by atoms with Crippen molar-refractivity contribution in [2.75, 3.05) is 13.1 Å². The number of pyridine rings is 1. The van der Waals surface area contributed by atoms with E-state index in [9.17, 15) is 4.79 Å². The van der Waals surface area contributed by atoms with Gasteiger partial charge in [-0.2, -0.15) is 5.26 Å². The van der Waals surface area contributed by atoms with E-state index in [0.29, 0.717) is 11.5 Å². The molecule has 1 unspecified atom stereocenters. The van der Waals surface area contributed by atoms with E-state index in [0.717, 1.165) is 26.1 Å². The van der Waals surface area contributed by atoms with Gasteiger partial charge < -0.3 is 9.88 Å². The molecule has 2 heterocycles. The Morgan fingerprint density at radius 1 is 1.67 bits per heavy atom. The van der Waals surface area contributed by atoms with Gasteiger partial charge >= 0.3 is 0 Å². The molecule has 1 saturated heterocycles. The Balaban J connectivity index is 2.15. The molecule has 0 amide bonds. The number of hydrogen-bond acceptors (Lipinski definition) is 3. The Morgan fingerprint density at radius 2 is 2.53 bits per heavy atom. The standard InChI is InChI=1S/C11H13N3O/c12-6-9-2-4-14(11(15)5-9)8-10-1-3-13-7-10/h2,4-5,10,13H,1,3,7-8H2. The highest BCUT2D eigenvalue weighted by atomic mass is 16.1. The van der Waals surface area contributed by atoms with Gasteiger partial charge in [-0.05, 0) is 31.5 Å². The molecule has 1 aromatic heterocycles. The number of aromatic nitrogens is 1. The molecular weight excluding hydrogens is 190 g/mol. The van der Waals surface area contributed by atoms with Crippen LogP contribution in [0.3, 0.4) is 0 Å². The summed E-state index contributed by atoms with van der Waals surface area (Å²) in [4.78, 5) is 11.6. The second-order valence-electron chi connectivity index (χ2n) is 3.88. The lowest BCUT2D eigenvalue weighted by Gasteiger charge is -2.10. The van der Waals surface area contributed by atoms with Gasteiger partial charge in [0, 0.05) is 18.8 Å². The van der Waals surface area contributed by atoms with E-state index >= 15 is 0 Å². The van der Waals surface area contributed by atoms with Gasteiger partial charge in [0.2, 0.25) is 0 Å². The Kier molecular flexibility index (Phi) is 2.84. The van der Waals surface area contributed by atoms with E-state index in [1.165, 1.54) is 6.07 Å². The van der Waals surface area contributed by atoms with Crippen LogP contribution in [-0.2, 0) is 6.54 Å². The zero-order chi connectivity index (χ0) is 10.7. The molecule has 4 heteroatoms. The van der Waals surface area contributed by atoms with Crippen molar-refractivity contribution < 1.29 is 0 Å². The number of rotatable bonds is 2. The van der Waals surface area contributed by atoms with Crippen molar-refractivity contribution in [2.45, 2.75) is 13.0 Å². The molecule has 1 fully saturated rings. The van der Waals surface area contributed by atoms with Gasteiger partial charge in [0.05, 0.1) is 11.6 Å². The minimum atomic E-state index is -0.0825. The zero-order valence-corrected chi connectivity index (χ0v) is 8.44. The first-order valence-electron chi connectivity index (χ1n) is 5.11. The number of nitriles is 1. The molecule has 0 spiro atoms. The van der Waals surface area contributed by atoms with Crippen LogP contribution in [0.2, 0.25) is 0 Å². The van der Waals surface area contributed by atoms with Crippen molar-refractivity contribution in [1.82, 2.24) is 9.88 Å². The maximum atomic E-state index is 11.6. The maximum absolute atomic E-state index is 11.6. The SMILES string of the molecule is N#Cc1ccn(CC2CCNC2)c(=O)c1. The molecule has 78 valence electrons. The Bertz CT molecular complexity index is 438. The van der Waals surface area contributed by atoms with Gasteiger partial charge in [0.1, 0.15) is 0 Å². The molecule has 1 aromatic rings. The van der Waals surface area contributed by atoms with Gasteiger partial charge in [-0.1, -0.05) is 0 Å². The fourth-order valence-electron chi connectivity index (χ4n) is 1.88. The van der Waals surface area contributed by atoms with Crippen molar-refractivity contribution in [3.05, 3.63) is 34.2 Å². The van der Waals surface area contributed by atoms with Gasteiger partial charge in [-0.25, -0.2) is 0 Å². The van der Waals surface area contributed by atoms with Crippen LogP contribution in [0, 0.1) is 17.2 Å². The monoisotopic (exact) mass is 203 g/mol. The summed E-state index contributed by atoms with van der Waals surface area (Å²) in [5.74, 6) is 0.538. The third kappa shape index (κ3) is 2.25. The minimum absolute atomic E-state index is 0.0825. The van der Waals surface area contributed by atoms with Gasteiger partial charge in [-0.15, -0.1) is 0 Å². The normalized spacial score (nSPS) is 20.1. The molecule has 15 heavy (non-hydrogen) atoms. The lowest BCUT2D eigenvalue weighted by Crippen LogP contribution is -2.24. The Labute approximate surface area is 88.1 Å². The van der Waals surface area contributed by atoms with Gasteiger partial charge in [0.15, 0.2) is 0 Å². The number of nitrogens with zero attached hydrogens (tertiary/aromatic N) is 2. The highest BCUT2D eigenvalue weighted by Crippen LogP contribution is 2.09. The summed E-state index contributed by atoms with van der Waals surface area (Å²) in [5.41, 5.74) is 0.349. The summed E-state index contributed by atoms with van der Waals surface area (Å²) in [6.07, 6.45) is 2.83. The molecule has 2 rings (SSSR count). The molecule has 0 radical (unpaired) electrons. The molecular formula is C11H13N3O. The quantitative estimate of drug-likeness (QED) is 0.753.